The SMILES string of the molecule is CC(C)CN(CC(N)=O)c1ccc(CO)cc1C#N. The second-order valence-corrected chi connectivity index (χ2v) is 4.86. The number of amides is 1. The highest BCUT2D eigenvalue weighted by Crippen LogP contribution is 2.22. The smallest absolute Gasteiger partial charge is 0.236 e. The van der Waals surface area contributed by atoms with Crippen molar-refractivity contribution in [1.82, 2.24) is 0 Å². The summed E-state index contributed by atoms with van der Waals surface area (Å²) in [6.07, 6.45) is 0. The predicted octanol–water partition coefficient (Wildman–Crippen LogP) is 0.998. The maximum absolute atomic E-state index is 11.1. The van der Waals surface area contributed by atoms with Crippen molar-refractivity contribution in [3.63, 3.8) is 0 Å². The molecule has 0 radical (unpaired) electrons. The monoisotopic (exact) mass is 261 g/mol. The molecule has 5 heteroatoms. The lowest BCUT2D eigenvalue weighted by Gasteiger charge is -2.26. The van der Waals surface area contributed by atoms with Gasteiger partial charge in [-0.25, -0.2) is 0 Å². The molecule has 0 heterocycles. The average molecular weight is 261 g/mol. The number of benzene rings is 1. The summed E-state index contributed by atoms with van der Waals surface area (Å²) in [4.78, 5) is 12.9. The van der Waals surface area contributed by atoms with Crippen LogP contribution in [0.4, 0.5) is 5.69 Å². The summed E-state index contributed by atoms with van der Waals surface area (Å²) >= 11 is 0. The van der Waals surface area contributed by atoms with Crippen molar-refractivity contribution in [3.8, 4) is 6.07 Å². The number of anilines is 1. The third kappa shape index (κ3) is 4.27. The Kier molecular flexibility index (Phi) is 5.34. The average Bonchev–Trinajstić information content (AvgIpc) is 2.36. The Balaban J connectivity index is 3.14. The summed E-state index contributed by atoms with van der Waals surface area (Å²) in [5.41, 5.74) is 7.03. The van der Waals surface area contributed by atoms with Gasteiger partial charge in [-0.3, -0.25) is 4.79 Å². The van der Waals surface area contributed by atoms with Gasteiger partial charge in [-0.2, -0.15) is 5.26 Å². The molecule has 0 aliphatic rings. The fraction of sp³-hybridized carbons (Fsp3) is 0.429. The van der Waals surface area contributed by atoms with Gasteiger partial charge >= 0.3 is 0 Å². The number of primary amides is 1. The number of carbonyl (C=O) groups is 1. The van der Waals surface area contributed by atoms with Crippen LogP contribution >= 0.6 is 0 Å². The molecule has 102 valence electrons. The minimum Gasteiger partial charge on any atom is -0.392 e. The van der Waals surface area contributed by atoms with E-state index in [1.165, 1.54) is 0 Å². The molecule has 0 aliphatic carbocycles. The molecular weight excluding hydrogens is 242 g/mol. The van der Waals surface area contributed by atoms with E-state index < -0.39 is 5.91 Å². The van der Waals surface area contributed by atoms with Crippen LogP contribution in [-0.4, -0.2) is 24.1 Å². The van der Waals surface area contributed by atoms with Crippen molar-refractivity contribution >= 4 is 11.6 Å². The van der Waals surface area contributed by atoms with Gasteiger partial charge in [0.25, 0.3) is 0 Å². The van der Waals surface area contributed by atoms with Gasteiger partial charge in [-0.1, -0.05) is 19.9 Å². The Morgan fingerprint density at radius 1 is 1.53 bits per heavy atom. The molecule has 0 spiro atoms. The molecule has 1 aromatic carbocycles. The van der Waals surface area contributed by atoms with E-state index in [-0.39, 0.29) is 13.2 Å². The summed E-state index contributed by atoms with van der Waals surface area (Å²) in [5.74, 6) is -0.0980. The van der Waals surface area contributed by atoms with Crippen LogP contribution in [0, 0.1) is 17.2 Å². The lowest BCUT2D eigenvalue weighted by Crippen LogP contribution is -2.36. The third-order valence-electron chi connectivity index (χ3n) is 2.64. The van der Waals surface area contributed by atoms with Crippen LogP contribution in [0.3, 0.4) is 0 Å². The first kappa shape index (κ1) is 15.0. The summed E-state index contributed by atoms with van der Waals surface area (Å²) < 4.78 is 0. The summed E-state index contributed by atoms with van der Waals surface area (Å²) in [7, 11) is 0. The molecule has 0 saturated carbocycles. The summed E-state index contributed by atoms with van der Waals surface area (Å²) in [5, 5.41) is 18.3. The molecule has 0 fully saturated rings. The van der Waals surface area contributed by atoms with Crippen LogP contribution < -0.4 is 10.6 Å². The van der Waals surface area contributed by atoms with E-state index in [0.717, 1.165) is 0 Å². The highest BCUT2D eigenvalue weighted by Gasteiger charge is 2.15. The zero-order valence-electron chi connectivity index (χ0n) is 11.3. The van der Waals surface area contributed by atoms with Gasteiger partial charge < -0.3 is 15.7 Å². The predicted molar refractivity (Wildman–Crippen MR) is 73.3 cm³/mol. The van der Waals surface area contributed by atoms with E-state index in [0.29, 0.717) is 29.3 Å². The molecule has 3 N–H and O–H groups in total. The topological polar surface area (TPSA) is 90.3 Å². The lowest BCUT2D eigenvalue weighted by molar-refractivity contribution is -0.116. The molecule has 0 unspecified atom stereocenters. The zero-order chi connectivity index (χ0) is 14.4. The van der Waals surface area contributed by atoms with Crippen molar-refractivity contribution < 1.29 is 9.90 Å². The van der Waals surface area contributed by atoms with Crippen LogP contribution in [0.15, 0.2) is 18.2 Å². The van der Waals surface area contributed by atoms with Crippen LogP contribution in [0.1, 0.15) is 25.0 Å². The molecule has 1 aromatic rings. The molecule has 1 rings (SSSR count). The number of nitrogens with zero attached hydrogens (tertiary/aromatic N) is 2. The van der Waals surface area contributed by atoms with Gasteiger partial charge in [-0.15, -0.1) is 0 Å². The van der Waals surface area contributed by atoms with Crippen molar-refractivity contribution in [2.24, 2.45) is 11.7 Å². The highest BCUT2D eigenvalue weighted by molar-refractivity contribution is 5.80. The molecule has 0 bridgehead atoms. The molecule has 1 amide bonds. The Labute approximate surface area is 113 Å². The fourth-order valence-electron chi connectivity index (χ4n) is 1.92. The number of hydrogen-bond acceptors (Lipinski definition) is 4. The lowest BCUT2D eigenvalue weighted by atomic mass is 10.1. The van der Waals surface area contributed by atoms with Crippen molar-refractivity contribution in [3.05, 3.63) is 29.3 Å². The number of nitrogens with two attached hydrogens (primary N) is 1. The van der Waals surface area contributed by atoms with Gasteiger partial charge in [-0.05, 0) is 23.6 Å². The van der Waals surface area contributed by atoms with Gasteiger partial charge in [0, 0.05) is 6.54 Å². The first-order valence-corrected chi connectivity index (χ1v) is 6.15. The summed E-state index contributed by atoms with van der Waals surface area (Å²) in [6.45, 7) is 4.65. The van der Waals surface area contributed by atoms with Gasteiger partial charge in [0.05, 0.1) is 24.4 Å². The first-order chi connectivity index (χ1) is 8.97. The minimum absolute atomic E-state index is 0.0747. The van der Waals surface area contributed by atoms with Crippen LogP contribution in [0.25, 0.3) is 0 Å². The van der Waals surface area contributed by atoms with E-state index in [4.69, 9.17) is 10.8 Å². The number of carbonyl (C=O) groups excluding carboxylic acids is 1. The largest absolute Gasteiger partial charge is 0.392 e. The molecule has 0 aromatic heterocycles. The Hall–Kier alpha value is -2.06. The van der Waals surface area contributed by atoms with E-state index in [1.807, 2.05) is 13.8 Å². The third-order valence-corrected chi connectivity index (χ3v) is 2.64. The van der Waals surface area contributed by atoms with E-state index in [2.05, 4.69) is 6.07 Å². The Bertz CT molecular complexity index is 492. The summed E-state index contributed by atoms with van der Waals surface area (Å²) in [6, 6.07) is 7.21. The number of aliphatic hydroxyl groups excluding tert-OH is 1. The molecular formula is C14H19N3O2. The maximum Gasteiger partial charge on any atom is 0.236 e. The molecule has 5 nitrogen and oxygen atoms in total. The molecule has 19 heavy (non-hydrogen) atoms. The van der Waals surface area contributed by atoms with Crippen molar-refractivity contribution in [1.29, 1.82) is 5.26 Å². The number of nitriles is 1. The second-order valence-electron chi connectivity index (χ2n) is 4.86. The van der Waals surface area contributed by atoms with Crippen LogP contribution in [-0.2, 0) is 11.4 Å². The molecule has 0 saturated heterocycles. The Morgan fingerprint density at radius 3 is 2.68 bits per heavy atom. The van der Waals surface area contributed by atoms with Gasteiger partial charge in [0.2, 0.25) is 5.91 Å². The van der Waals surface area contributed by atoms with Gasteiger partial charge in [0.1, 0.15) is 6.07 Å². The first-order valence-electron chi connectivity index (χ1n) is 6.15. The van der Waals surface area contributed by atoms with E-state index in [1.54, 1.807) is 23.1 Å². The highest BCUT2D eigenvalue weighted by atomic mass is 16.3. The molecule has 0 aliphatic heterocycles. The number of aliphatic hydroxyl groups is 1. The Morgan fingerprint density at radius 2 is 2.21 bits per heavy atom. The van der Waals surface area contributed by atoms with Gasteiger partial charge in [0.15, 0.2) is 0 Å². The van der Waals surface area contributed by atoms with E-state index in [9.17, 15) is 10.1 Å². The zero-order valence-corrected chi connectivity index (χ0v) is 11.3. The number of hydrogen-bond donors (Lipinski definition) is 2. The standard InChI is InChI=1S/C14H19N3O2/c1-10(2)7-17(8-14(16)19)13-4-3-11(9-18)5-12(13)6-15/h3-5,10,18H,7-9H2,1-2H3,(H2,16,19). The van der Waals surface area contributed by atoms with Crippen LogP contribution in [0.5, 0.6) is 0 Å². The van der Waals surface area contributed by atoms with Crippen LogP contribution in [0.2, 0.25) is 0 Å². The van der Waals surface area contributed by atoms with E-state index >= 15 is 0 Å². The fourth-order valence-corrected chi connectivity index (χ4v) is 1.92. The minimum atomic E-state index is -0.434. The van der Waals surface area contributed by atoms with Crippen molar-refractivity contribution in [2.75, 3.05) is 18.0 Å². The normalized spacial score (nSPS) is 10.3. The van der Waals surface area contributed by atoms with Crippen molar-refractivity contribution in [2.45, 2.75) is 20.5 Å². The second kappa shape index (κ2) is 6.76. The quantitative estimate of drug-likeness (QED) is 0.799. The number of rotatable bonds is 6. The molecule has 0 atom stereocenters. The maximum atomic E-state index is 11.1.